The van der Waals surface area contributed by atoms with Crippen LogP contribution in [0.2, 0.25) is 0 Å². The third-order valence-corrected chi connectivity index (χ3v) is 3.14. The molecule has 1 aromatic rings. The summed E-state index contributed by atoms with van der Waals surface area (Å²) in [7, 11) is 0. The Morgan fingerprint density at radius 2 is 2.00 bits per heavy atom. The number of nitrogens with two attached hydrogens (primary N) is 1. The van der Waals surface area contributed by atoms with Gasteiger partial charge in [0.25, 0.3) is 0 Å². The summed E-state index contributed by atoms with van der Waals surface area (Å²) < 4.78 is 5.80. The van der Waals surface area contributed by atoms with Crippen molar-refractivity contribution in [2.45, 2.75) is 32.6 Å². The molecular weight excluding hydrogens is 212 g/mol. The molecule has 1 aliphatic rings. The van der Waals surface area contributed by atoms with Gasteiger partial charge in [0.2, 0.25) is 0 Å². The van der Waals surface area contributed by atoms with E-state index < -0.39 is 0 Å². The van der Waals surface area contributed by atoms with Crippen LogP contribution in [0, 0.1) is 0 Å². The van der Waals surface area contributed by atoms with Gasteiger partial charge in [0.1, 0.15) is 5.75 Å². The van der Waals surface area contributed by atoms with E-state index in [0.717, 1.165) is 37.6 Å². The van der Waals surface area contributed by atoms with Gasteiger partial charge in [-0.15, -0.1) is 0 Å². The van der Waals surface area contributed by atoms with Crippen LogP contribution < -0.4 is 15.4 Å². The first-order chi connectivity index (χ1) is 8.31. The van der Waals surface area contributed by atoms with Gasteiger partial charge in [-0.2, -0.15) is 0 Å². The highest BCUT2D eigenvalue weighted by atomic mass is 16.5. The van der Waals surface area contributed by atoms with Gasteiger partial charge < -0.3 is 15.4 Å². The monoisotopic (exact) mass is 234 g/mol. The van der Waals surface area contributed by atoms with Crippen LogP contribution in [-0.2, 0) is 0 Å². The van der Waals surface area contributed by atoms with E-state index in [9.17, 15) is 0 Å². The Balaban J connectivity index is 2.18. The first-order valence-corrected chi connectivity index (χ1v) is 6.58. The molecule has 0 spiro atoms. The normalized spacial score (nSPS) is 15.9. The molecule has 3 heteroatoms. The number of nitrogens with zero attached hydrogens (tertiary/aromatic N) is 1. The van der Waals surface area contributed by atoms with Gasteiger partial charge in [0.15, 0.2) is 0 Å². The van der Waals surface area contributed by atoms with Crippen LogP contribution in [0.15, 0.2) is 18.2 Å². The van der Waals surface area contributed by atoms with Crippen molar-refractivity contribution in [3.8, 4) is 5.75 Å². The lowest BCUT2D eigenvalue weighted by molar-refractivity contribution is 0.317. The number of nitrogen functional groups attached to an aromatic ring is 1. The molecule has 2 N–H and O–H groups in total. The predicted molar refractivity (Wildman–Crippen MR) is 72.7 cm³/mol. The fourth-order valence-corrected chi connectivity index (χ4v) is 2.25. The minimum Gasteiger partial charge on any atom is -0.491 e. The molecule has 0 unspecified atom stereocenters. The lowest BCUT2D eigenvalue weighted by Crippen LogP contribution is -2.29. The van der Waals surface area contributed by atoms with Crippen molar-refractivity contribution in [3.63, 3.8) is 0 Å². The number of hydrogen-bond donors (Lipinski definition) is 1. The maximum Gasteiger partial charge on any atom is 0.144 e. The van der Waals surface area contributed by atoms with E-state index in [0.29, 0.717) is 0 Å². The Kier molecular flexibility index (Phi) is 4.13. The number of rotatable bonds is 4. The van der Waals surface area contributed by atoms with Crippen LogP contribution in [0.4, 0.5) is 11.4 Å². The van der Waals surface area contributed by atoms with Crippen molar-refractivity contribution in [2.75, 3.05) is 30.3 Å². The van der Waals surface area contributed by atoms with E-state index in [2.05, 4.69) is 17.9 Å². The van der Waals surface area contributed by atoms with E-state index in [1.165, 1.54) is 24.9 Å². The zero-order chi connectivity index (χ0) is 12.1. The molecule has 0 aromatic heterocycles. The average molecular weight is 234 g/mol. The molecule has 94 valence electrons. The fraction of sp³-hybridized carbons (Fsp3) is 0.571. The molecule has 0 saturated carbocycles. The van der Waals surface area contributed by atoms with Crippen LogP contribution in [-0.4, -0.2) is 19.7 Å². The molecule has 0 aliphatic carbocycles. The Morgan fingerprint density at radius 3 is 2.71 bits per heavy atom. The predicted octanol–water partition coefficient (Wildman–Crippen LogP) is 3.05. The maximum absolute atomic E-state index is 5.83. The van der Waals surface area contributed by atoms with Crippen molar-refractivity contribution in [3.05, 3.63) is 18.2 Å². The lowest BCUT2D eigenvalue weighted by atomic mass is 10.1. The average Bonchev–Trinajstić information content (AvgIpc) is 2.37. The Morgan fingerprint density at radius 1 is 1.24 bits per heavy atom. The molecule has 3 nitrogen and oxygen atoms in total. The molecule has 1 fully saturated rings. The lowest BCUT2D eigenvalue weighted by Gasteiger charge is -2.30. The minimum atomic E-state index is 0.754. The Labute approximate surface area is 104 Å². The highest BCUT2D eigenvalue weighted by molar-refractivity contribution is 5.64. The van der Waals surface area contributed by atoms with E-state index in [1.807, 2.05) is 12.1 Å². The van der Waals surface area contributed by atoms with E-state index in [4.69, 9.17) is 10.5 Å². The van der Waals surface area contributed by atoms with E-state index in [-0.39, 0.29) is 0 Å². The topological polar surface area (TPSA) is 38.5 Å². The smallest absolute Gasteiger partial charge is 0.144 e. The Bertz CT molecular complexity index is 359. The maximum atomic E-state index is 5.83. The summed E-state index contributed by atoms with van der Waals surface area (Å²) in [6.45, 7) is 5.13. The first-order valence-electron chi connectivity index (χ1n) is 6.58. The fourth-order valence-electron chi connectivity index (χ4n) is 2.25. The highest BCUT2D eigenvalue weighted by Gasteiger charge is 2.15. The molecule has 0 radical (unpaired) electrons. The van der Waals surface area contributed by atoms with Gasteiger partial charge in [-0.3, -0.25) is 0 Å². The van der Waals surface area contributed by atoms with Crippen molar-refractivity contribution in [2.24, 2.45) is 0 Å². The summed E-state index contributed by atoms with van der Waals surface area (Å²) >= 11 is 0. The van der Waals surface area contributed by atoms with Gasteiger partial charge in [0, 0.05) is 24.8 Å². The summed E-state index contributed by atoms with van der Waals surface area (Å²) in [6, 6.07) is 5.99. The number of ether oxygens (including phenoxy) is 1. The second-order valence-electron chi connectivity index (χ2n) is 4.62. The number of hydrogen-bond acceptors (Lipinski definition) is 3. The third-order valence-electron chi connectivity index (χ3n) is 3.14. The summed E-state index contributed by atoms with van der Waals surface area (Å²) in [5, 5.41) is 0. The largest absolute Gasteiger partial charge is 0.491 e. The standard InChI is InChI=1S/C14H22N2O/c1-2-10-17-14-11-12(15)6-7-13(14)16-8-4-3-5-9-16/h6-7,11H,2-5,8-10,15H2,1H3. The van der Waals surface area contributed by atoms with Gasteiger partial charge >= 0.3 is 0 Å². The molecule has 0 amide bonds. The molecule has 1 saturated heterocycles. The quantitative estimate of drug-likeness (QED) is 0.814. The molecule has 2 rings (SSSR count). The zero-order valence-electron chi connectivity index (χ0n) is 10.6. The SMILES string of the molecule is CCCOc1cc(N)ccc1N1CCCCC1. The third kappa shape index (κ3) is 3.05. The molecule has 17 heavy (non-hydrogen) atoms. The first kappa shape index (κ1) is 12.1. The van der Waals surface area contributed by atoms with Crippen molar-refractivity contribution in [1.82, 2.24) is 0 Å². The van der Waals surface area contributed by atoms with E-state index in [1.54, 1.807) is 0 Å². The van der Waals surface area contributed by atoms with Crippen molar-refractivity contribution in [1.29, 1.82) is 0 Å². The van der Waals surface area contributed by atoms with Crippen LogP contribution in [0.3, 0.4) is 0 Å². The molecule has 1 aromatic carbocycles. The van der Waals surface area contributed by atoms with Gasteiger partial charge in [-0.1, -0.05) is 6.92 Å². The molecule has 1 heterocycles. The summed E-state index contributed by atoms with van der Waals surface area (Å²) in [5.74, 6) is 0.939. The molecule has 1 aliphatic heterocycles. The van der Waals surface area contributed by atoms with Crippen LogP contribution >= 0.6 is 0 Å². The van der Waals surface area contributed by atoms with E-state index >= 15 is 0 Å². The van der Waals surface area contributed by atoms with Gasteiger partial charge in [-0.05, 0) is 37.8 Å². The summed E-state index contributed by atoms with van der Waals surface area (Å²) in [5.41, 5.74) is 7.81. The zero-order valence-corrected chi connectivity index (χ0v) is 10.6. The van der Waals surface area contributed by atoms with Gasteiger partial charge in [-0.25, -0.2) is 0 Å². The summed E-state index contributed by atoms with van der Waals surface area (Å²) in [4.78, 5) is 2.41. The molecular formula is C14H22N2O. The number of benzene rings is 1. The number of anilines is 2. The summed E-state index contributed by atoms with van der Waals surface area (Å²) in [6.07, 6.45) is 4.92. The molecule has 0 bridgehead atoms. The highest BCUT2D eigenvalue weighted by Crippen LogP contribution is 2.32. The van der Waals surface area contributed by atoms with Crippen molar-refractivity contribution < 1.29 is 4.74 Å². The second-order valence-corrected chi connectivity index (χ2v) is 4.62. The van der Waals surface area contributed by atoms with Crippen LogP contribution in [0.25, 0.3) is 0 Å². The van der Waals surface area contributed by atoms with Crippen LogP contribution in [0.1, 0.15) is 32.6 Å². The minimum absolute atomic E-state index is 0.754. The van der Waals surface area contributed by atoms with Crippen LogP contribution in [0.5, 0.6) is 5.75 Å². The molecule has 0 atom stereocenters. The Hall–Kier alpha value is -1.38. The van der Waals surface area contributed by atoms with Crippen molar-refractivity contribution >= 4 is 11.4 Å². The van der Waals surface area contributed by atoms with Gasteiger partial charge in [0.05, 0.1) is 12.3 Å². The number of piperidine rings is 1. The second kappa shape index (κ2) is 5.80.